The van der Waals surface area contributed by atoms with E-state index in [-0.39, 0.29) is 12.4 Å². The highest BCUT2D eigenvalue weighted by Crippen LogP contribution is 2.19. The minimum absolute atomic E-state index is 0.177. The number of benzene rings is 2. The topological polar surface area (TPSA) is 35.2 Å². The average Bonchev–Trinajstić information content (AvgIpc) is 2.38. The van der Waals surface area contributed by atoms with Gasteiger partial charge in [-0.05, 0) is 35.9 Å². The maximum absolute atomic E-state index is 13.2. The van der Waals surface area contributed by atoms with Gasteiger partial charge in [-0.25, -0.2) is 4.39 Å². The Labute approximate surface area is 110 Å². The van der Waals surface area contributed by atoms with Gasteiger partial charge in [0.2, 0.25) is 0 Å². The van der Waals surface area contributed by atoms with Gasteiger partial charge < -0.3 is 10.5 Å². The zero-order chi connectivity index (χ0) is 13.0. The smallest absolute Gasteiger partial charge is 0.127 e. The molecule has 0 spiro atoms. The summed E-state index contributed by atoms with van der Waals surface area (Å²) in [7, 11) is 0. The van der Waals surface area contributed by atoms with Crippen molar-refractivity contribution >= 4 is 11.6 Å². The number of hydrogen-bond donors (Lipinski definition) is 1. The van der Waals surface area contributed by atoms with Crippen molar-refractivity contribution in [3.8, 4) is 5.75 Å². The molecule has 94 valence electrons. The highest BCUT2D eigenvalue weighted by atomic mass is 35.5. The lowest BCUT2D eigenvalue weighted by Gasteiger charge is -2.08. The van der Waals surface area contributed by atoms with Gasteiger partial charge in [-0.3, -0.25) is 0 Å². The molecule has 0 aliphatic heterocycles. The lowest BCUT2D eigenvalue weighted by atomic mass is 10.1. The molecule has 0 bridgehead atoms. The molecule has 0 unspecified atom stereocenters. The molecular formula is C14H13ClFNO. The zero-order valence-electron chi connectivity index (χ0n) is 9.70. The van der Waals surface area contributed by atoms with E-state index in [1.807, 2.05) is 12.1 Å². The summed E-state index contributed by atoms with van der Waals surface area (Å²) in [5.41, 5.74) is 6.81. The quantitative estimate of drug-likeness (QED) is 0.918. The van der Waals surface area contributed by atoms with Crippen LogP contribution in [0, 0.1) is 5.82 Å². The molecule has 4 heteroatoms. The lowest BCUT2D eigenvalue weighted by Crippen LogP contribution is -2.02. The van der Waals surface area contributed by atoms with Gasteiger partial charge in [0.15, 0.2) is 0 Å². The Morgan fingerprint density at radius 1 is 1.17 bits per heavy atom. The molecule has 0 aromatic heterocycles. The van der Waals surface area contributed by atoms with Gasteiger partial charge >= 0.3 is 0 Å². The molecule has 2 rings (SSSR count). The van der Waals surface area contributed by atoms with Crippen LogP contribution in [-0.2, 0) is 13.2 Å². The molecule has 0 fully saturated rings. The van der Waals surface area contributed by atoms with E-state index in [9.17, 15) is 4.39 Å². The summed E-state index contributed by atoms with van der Waals surface area (Å²) >= 11 is 5.85. The standard InChI is InChI=1S/C14H13ClFNO/c15-12-2-1-3-13(7-12)18-9-10-4-5-14(16)11(6-10)8-17/h1-7H,8-9,17H2. The third-order valence-electron chi connectivity index (χ3n) is 2.53. The Morgan fingerprint density at radius 2 is 2.00 bits per heavy atom. The van der Waals surface area contributed by atoms with E-state index in [2.05, 4.69) is 0 Å². The molecular weight excluding hydrogens is 253 g/mol. The monoisotopic (exact) mass is 265 g/mol. The number of halogens is 2. The van der Waals surface area contributed by atoms with Gasteiger partial charge in [0.05, 0.1) is 0 Å². The lowest BCUT2D eigenvalue weighted by molar-refractivity contribution is 0.306. The van der Waals surface area contributed by atoms with Crippen LogP contribution in [0.15, 0.2) is 42.5 Å². The Balaban J connectivity index is 2.06. The number of ether oxygens (including phenoxy) is 1. The Bertz CT molecular complexity index is 545. The van der Waals surface area contributed by atoms with Crippen LogP contribution < -0.4 is 10.5 Å². The van der Waals surface area contributed by atoms with Crippen LogP contribution >= 0.6 is 11.6 Å². The Hall–Kier alpha value is -1.58. The molecule has 0 aliphatic carbocycles. The molecule has 2 aromatic rings. The van der Waals surface area contributed by atoms with E-state index in [4.69, 9.17) is 22.1 Å². The highest BCUT2D eigenvalue weighted by Gasteiger charge is 2.03. The summed E-state index contributed by atoms with van der Waals surface area (Å²) < 4.78 is 18.8. The van der Waals surface area contributed by atoms with Crippen molar-refractivity contribution in [2.75, 3.05) is 0 Å². The first kappa shape index (κ1) is 12.9. The van der Waals surface area contributed by atoms with Crippen molar-refractivity contribution in [2.24, 2.45) is 5.73 Å². The van der Waals surface area contributed by atoms with Crippen molar-refractivity contribution in [1.82, 2.24) is 0 Å². The summed E-state index contributed by atoms with van der Waals surface area (Å²) in [5.74, 6) is 0.394. The second-order valence-corrected chi connectivity index (χ2v) is 4.31. The third-order valence-corrected chi connectivity index (χ3v) is 2.77. The molecule has 2 N–H and O–H groups in total. The summed E-state index contributed by atoms with van der Waals surface area (Å²) in [4.78, 5) is 0. The van der Waals surface area contributed by atoms with Crippen LogP contribution in [0.25, 0.3) is 0 Å². The van der Waals surface area contributed by atoms with Crippen LogP contribution in [0.5, 0.6) is 5.75 Å². The largest absolute Gasteiger partial charge is 0.489 e. The fraction of sp³-hybridized carbons (Fsp3) is 0.143. The van der Waals surface area contributed by atoms with Crippen LogP contribution in [0.4, 0.5) is 4.39 Å². The third kappa shape index (κ3) is 3.22. The summed E-state index contributed by atoms with van der Waals surface area (Å²) in [6.45, 7) is 0.532. The van der Waals surface area contributed by atoms with Crippen molar-refractivity contribution < 1.29 is 9.13 Å². The maximum atomic E-state index is 13.2. The normalized spacial score (nSPS) is 10.4. The Morgan fingerprint density at radius 3 is 2.72 bits per heavy atom. The van der Waals surface area contributed by atoms with E-state index in [0.717, 1.165) is 5.56 Å². The second kappa shape index (κ2) is 5.85. The minimum atomic E-state index is -0.288. The van der Waals surface area contributed by atoms with Gasteiger partial charge in [0, 0.05) is 17.1 Å². The van der Waals surface area contributed by atoms with Crippen molar-refractivity contribution in [3.05, 3.63) is 64.4 Å². The average molecular weight is 266 g/mol. The Kier molecular flexibility index (Phi) is 4.18. The van der Waals surface area contributed by atoms with E-state index in [1.54, 1.807) is 24.3 Å². The van der Waals surface area contributed by atoms with Crippen LogP contribution in [0.1, 0.15) is 11.1 Å². The molecule has 2 aromatic carbocycles. The minimum Gasteiger partial charge on any atom is -0.489 e. The van der Waals surface area contributed by atoms with Crippen molar-refractivity contribution in [2.45, 2.75) is 13.2 Å². The van der Waals surface area contributed by atoms with Gasteiger partial charge in [-0.1, -0.05) is 23.7 Å². The van der Waals surface area contributed by atoms with Gasteiger partial charge in [0.1, 0.15) is 18.2 Å². The van der Waals surface area contributed by atoms with Gasteiger partial charge in [-0.2, -0.15) is 0 Å². The van der Waals surface area contributed by atoms with E-state index < -0.39 is 0 Å². The molecule has 0 radical (unpaired) electrons. The number of hydrogen-bond acceptors (Lipinski definition) is 2. The predicted molar refractivity (Wildman–Crippen MR) is 70.1 cm³/mol. The van der Waals surface area contributed by atoms with Crippen LogP contribution in [0.3, 0.4) is 0 Å². The van der Waals surface area contributed by atoms with E-state index >= 15 is 0 Å². The predicted octanol–water partition coefficient (Wildman–Crippen LogP) is 3.52. The molecule has 0 saturated heterocycles. The summed E-state index contributed by atoms with van der Waals surface area (Å²) in [5, 5.41) is 0.620. The number of nitrogens with two attached hydrogens (primary N) is 1. The van der Waals surface area contributed by atoms with Gasteiger partial charge in [-0.15, -0.1) is 0 Å². The second-order valence-electron chi connectivity index (χ2n) is 3.88. The molecule has 18 heavy (non-hydrogen) atoms. The maximum Gasteiger partial charge on any atom is 0.127 e. The molecule has 0 amide bonds. The SMILES string of the molecule is NCc1cc(COc2cccc(Cl)c2)ccc1F. The number of rotatable bonds is 4. The highest BCUT2D eigenvalue weighted by molar-refractivity contribution is 6.30. The van der Waals surface area contributed by atoms with Crippen LogP contribution in [0.2, 0.25) is 5.02 Å². The summed E-state index contributed by atoms with van der Waals surface area (Å²) in [6, 6.07) is 11.9. The molecule has 0 aliphatic rings. The van der Waals surface area contributed by atoms with Crippen molar-refractivity contribution in [1.29, 1.82) is 0 Å². The van der Waals surface area contributed by atoms with E-state index in [1.165, 1.54) is 6.07 Å². The van der Waals surface area contributed by atoms with E-state index in [0.29, 0.717) is 22.9 Å². The summed E-state index contributed by atoms with van der Waals surface area (Å²) in [6.07, 6.45) is 0. The van der Waals surface area contributed by atoms with Crippen LogP contribution in [-0.4, -0.2) is 0 Å². The zero-order valence-corrected chi connectivity index (χ0v) is 10.5. The van der Waals surface area contributed by atoms with Gasteiger partial charge in [0.25, 0.3) is 0 Å². The molecule has 0 atom stereocenters. The first-order chi connectivity index (χ1) is 8.69. The molecule has 0 heterocycles. The first-order valence-electron chi connectivity index (χ1n) is 5.55. The molecule has 0 saturated carbocycles. The fourth-order valence-electron chi connectivity index (χ4n) is 1.60. The molecule has 2 nitrogen and oxygen atoms in total. The van der Waals surface area contributed by atoms with Crippen molar-refractivity contribution in [3.63, 3.8) is 0 Å². The first-order valence-corrected chi connectivity index (χ1v) is 5.92. The fourth-order valence-corrected chi connectivity index (χ4v) is 1.78.